The van der Waals surface area contributed by atoms with Crippen LogP contribution < -0.4 is 0 Å². The Bertz CT molecular complexity index is 1430. The molecule has 0 aromatic heterocycles. The molecule has 1 atom stereocenters. The molecular formula is C63H102O5. The Morgan fingerprint density at radius 3 is 1.13 bits per heavy atom. The van der Waals surface area contributed by atoms with E-state index in [1.54, 1.807) is 0 Å². The van der Waals surface area contributed by atoms with Crippen molar-refractivity contribution in [3.8, 4) is 0 Å². The number of rotatable bonds is 49. The van der Waals surface area contributed by atoms with E-state index in [0.717, 1.165) is 103 Å². The molecular weight excluding hydrogens is 837 g/mol. The fourth-order valence-corrected chi connectivity index (χ4v) is 7.11. The molecule has 0 radical (unpaired) electrons. The number of hydrogen-bond donors (Lipinski definition) is 0. The van der Waals surface area contributed by atoms with Crippen molar-refractivity contribution in [2.24, 2.45) is 0 Å². The standard InChI is InChI=1S/C63H102O5/c1-4-7-10-13-16-19-22-25-28-30-32-34-36-38-41-44-47-50-53-56-62(64)67-60-61(59-66-58-55-52-49-46-43-40-27-24-21-18-15-12-9-6-3)68-63(65)57-54-51-48-45-42-39-37-35-33-31-29-26-23-20-17-14-11-8-5-2/h7-8,10-11,16-17,19-21,24-26,28-29,32-35,38,41,47,50,61H,4-6,9,12-15,18,22-23,27,30-31,36-37,39-40,42-46,48-49,51-60H2,1-3H3/b10-7-,11-8-,19-16-,20-17-,24-21-,28-25-,29-26-,34-32-,35-33-,41-38-,50-47-. The maximum absolute atomic E-state index is 12.8. The first-order valence-electron chi connectivity index (χ1n) is 27.7. The van der Waals surface area contributed by atoms with Crippen LogP contribution in [0.15, 0.2) is 134 Å². The van der Waals surface area contributed by atoms with Gasteiger partial charge in [0.05, 0.1) is 6.61 Å². The average molecular weight is 940 g/mol. The molecule has 384 valence electrons. The Kier molecular flexibility index (Phi) is 54.0. The minimum atomic E-state index is -0.588. The molecule has 0 rings (SSSR count). The summed E-state index contributed by atoms with van der Waals surface area (Å²) in [6.07, 6.45) is 81.9. The lowest BCUT2D eigenvalue weighted by atomic mass is 10.1. The molecule has 0 heterocycles. The van der Waals surface area contributed by atoms with E-state index in [9.17, 15) is 9.59 Å². The zero-order valence-electron chi connectivity index (χ0n) is 44.1. The average Bonchev–Trinajstić information content (AvgIpc) is 3.34. The fraction of sp³-hybridized carbons (Fsp3) is 0.619. The summed E-state index contributed by atoms with van der Waals surface area (Å²) in [5.41, 5.74) is 0. The Labute approximate surface area is 419 Å². The van der Waals surface area contributed by atoms with E-state index >= 15 is 0 Å². The predicted octanol–water partition coefficient (Wildman–Crippen LogP) is 19.1. The van der Waals surface area contributed by atoms with E-state index in [0.29, 0.717) is 25.9 Å². The Balaban J connectivity index is 4.45. The summed E-state index contributed by atoms with van der Waals surface area (Å²) in [4.78, 5) is 25.5. The predicted molar refractivity (Wildman–Crippen MR) is 297 cm³/mol. The summed E-state index contributed by atoms with van der Waals surface area (Å²) in [5, 5.41) is 0. The SMILES string of the molecule is CC/C=C\C/C=C\C/C=C\C/C=C\C/C=C\C/C=C\CCC(=O)OCC(COCCCCCCCC/C=C\CCCCCC)OC(=O)CCCCCCCC/C=C\C/C=C\C/C=C\C/C=C\CC. The topological polar surface area (TPSA) is 61.8 Å². The van der Waals surface area contributed by atoms with Gasteiger partial charge in [-0.15, -0.1) is 0 Å². The van der Waals surface area contributed by atoms with Crippen molar-refractivity contribution in [2.75, 3.05) is 19.8 Å². The first kappa shape index (κ1) is 64.0. The molecule has 0 N–H and O–H groups in total. The molecule has 0 aliphatic rings. The van der Waals surface area contributed by atoms with Gasteiger partial charge in [0.1, 0.15) is 6.61 Å². The molecule has 68 heavy (non-hydrogen) atoms. The van der Waals surface area contributed by atoms with Gasteiger partial charge < -0.3 is 14.2 Å². The van der Waals surface area contributed by atoms with Crippen LogP contribution in [-0.2, 0) is 23.8 Å². The quantitative estimate of drug-likeness (QED) is 0.0345. The number of hydrogen-bond acceptors (Lipinski definition) is 5. The highest BCUT2D eigenvalue weighted by molar-refractivity contribution is 5.70. The summed E-state index contributed by atoms with van der Waals surface area (Å²) in [5.74, 6) is -0.520. The van der Waals surface area contributed by atoms with E-state index in [4.69, 9.17) is 14.2 Å². The van der Waals surface area contributed by atoms with Crippen LogP contribution in [0.1, 0.15) is 226 Å². The minimum Gasteiger partial charge on any atom is -0.462 e. The second-order valence-electron chi connectivity index (χ2n) is 17.7. The van der Waals surface area contributed by atoms with Crippen molar-refractivity contribution in [3.05, 3.63) is 134 Å². The normalized spacial score (nSPS) is 13.3. The third kappa shape index (κ3) is 54.6. The van der Waals surface area contributed by atoms with Gasteiger partial charge >= 0.3 is 11.9 Å². The molecule has 0 aromatic carbocycles. The molecule has 0 aromatic rings. The highest BCUT2D eigenvalue weighted by Gasteiger charge is 2.17. The second-order valence-corrected chi connectivity index (χ2v) is 17.7. The highest BCUT2D eigenvalue weighted by atomic mass is 16.6. The van der Waals surface area contributed by atoms with Gasteiger partial charge in [-0.3, -0.25) is 9.59 Å². The van der Waals surface area contributed by atoms with Gasteiger partial charge in [-0.2, -0.15) is 0 Å². The van der Waals surface area contributed by atoms with Crippen molar-refractivity contribution in [3.63, 3.8) is 0 Å². The van der Waals surface area contributed by atoms with Gasteiger partial charge in [0.2, 0.25) is 0 Å². The molecule has 5 heteroatoms. The maximum Gasteiger partial charge on any atom is 0.306 e. The highest BCUT2D eigenvalue weighted by Crippen LogP contribution is 2.13. The first-order chi connectivity index (χ1) is 33.6. The smallest absolute Gasteiger partial charge is 0.306 e. The van der Waals surface area contributed by atoms with E-state index in [2.05, 4.69) is 148 Å². The zero-order valence-corrected chi connectivity index (χ0v) is 44.1. The van der Waals surface area contributed by atoms with Crippen molar-refractivity contribution in [2.45, 2.75) is 232 Å². The third-order valence-electron chi connectivity index (χ3n) is 11.2. The van der Waals surface area contributed by atoms with E-state index in [1.165, 1.54) is 83.5 Å². The third-order valence-corrected chi connectivity index (χ3v) is 11.2. The van der Waals surface area contributed by atoms with Crippen LogP contribution in [0.3, 0.4) is 0 Å². The molecule has 0 bridgehead atoms. The van der Waals surface area contributed by atoms with Gasteiger partial charge in [0, 0.05) is 19.4 Å². The Hall–Kier alpha value is -3.96. The molecule has 1 unspecified atom stereocenters. The number of carbonyl (C=O) groups excluding carboxylic acids is 2. The van der Waals surface area contributed by atoms with Crippen molar-refractivity contribution in [1.82, 2.24) is 0 Å². The monoisotopic (exact) mass is 939 g/mol. The molecule has 0 fully saturated rings. The van der Waals surface area contributed by atoms with Gasteiger partial charge in [0.15, 0.2) is 6.10 Å². The molecule has 5 nitrogen and oxygen atoms in total. The zero-order chi connectivity index (χ0) is 49.2. The summed E-state index contributed by atoms with van der Waals surface area (Å²) in [6.45, 7) is 7.47. The number of carbonyl (C=O) groups is 2. The van der Waals surface area contributed by atoms with Crippen molar-refractivity contribution >= 4 is 11.9 Å². The van der Waals surface area contributed by atoms with E-state index in [-0.39, 0.29) is 25.2 Å². The number of allylic oxidation sites excluding steroid dienone is 22. The van der Waals surface area contributed by atoms with Crippen LogP contribution in [0, 0.1) is 0 Å². The second kappa shape index (κ2) is 57.4. The summed E-state index contributed by atoms with van der Waals surface area (Å²) < 4.78 is 17.4. The Morgan fingerprint density at radius 1 is 0.338 bits per heavy atom. The molecule has 0 amide bonds. The summed E-state index contributed by atoms with van der Waals surface area (Å²) >= 11 is 0. The van der Waals surface area contributed by atoms with Crippen molar-refractivity contribution < 1.29 is 23.8 Å². The van der Waals surface area contributed by atoms with Crippen molar-refractivity contribution in [1.29, 1.82) is 0 Å². The van der Waals surface area contributed by atoms with Gasteiger partial charge in [-0.25, -0.2) is 0 Å². The van der Waals surface area contributed by atoms with Gasteiger partial charge in [0.25, 0.3) is 0 Å². The van der Waals surface area contributed by atoms with E-state index in [1.807, 2.05) is 6.08 Å². The van der Waals surface area contributed by atoms with Crippen LogP contribution in [0.4, 0.5) is 0 Å². The van der Waals surface area contributed by atoms with Crippen LogP contribution in [0.2, 0.25) is 0 Å². The minimum absolute atomic E-state index is 0.0286. The first-order valence-corrected chi connectivity index (χ1v) is 27.7. The lowest BCUT2D eigenvalue weighted by Crippen LogP contribution is -2.30. The lowest BCUT2D eigenvalue weighted by molar-refractivity contribution is -0.162. The number of esters is 2. The molecule has 0 saturated heterocycles. The molecule has 0 saturated carbocycles. The maximum atomic E-state index is 12.8. The molecule has 0 spiro atoms. The van der Waals surface area contributed by atoms with Crippen LogP contribution in [-0.4, -0.2) is 37.9 Å². The largest absolute Gasteiger partial charge is 0.462 e. The fourth-order valence-electron chi connectivity index (χ4n) is 7.11. The number of unbranched alkanes of at least 4 members (excludes halogenated alkanes) is 16. The molecule has 0 aliphatic carbocycles. The van der Waals surface area contributed by atoms with Crippen LogP contribution in [0.25, 0.3) is 0 Å². The van der Waals surface area contributed by atoms with Gasteiger partial charge in [-0.1, -0.05) is 225 Å². The number of ether oxygens (including phenoxy) is 3. The van der Waals surface area contributed by atoms with Gasteiger partial charge in [-0.05, 0) is 122 Å². The summed E-state index contributed by atoms with van der Waals surface area (Å²) in [7, 11) is 0. The van der Waals surface area contributed by atoms with Crippen LogP contribution in [0.5, 0.6) is 0 Å². The van der Waals surface area contributed by atoms with E-state index < -0.39 is 6.10 Å². The Morgan fingerprint density at radius 2 is 0.691 bits per heavy atom. The molecule has 0 aliphatic heterocycles. The lowest BCUT2D eigenvalue weighted by Gasteiger charge is -2.18. The van der Waals surface area contributed by atoms with Crippen LogP contribution >= 0.6 is 0 Å². The summed E-state index contributed by atoms with van der Waals surface area (Å²) in [6, 6.07) is 0.